The lowest BCUT2D eigenvalue weighted by Gasteiger charge is -2.29. The highest BCUT2D eigenvalue weighted by molar-refractivity contribution is 5.45. The zero-order valence-corrected chi connectivity index (χ0v) is 11.4. The van der Waals surface area contributed by atoms with E-state index in [1.54, 1.807) is 0 Å². The van der Waals surface area contributed by atoms with Crippen molar-refractivity contribution in [3.8, 4) is 0 Å². The smallest absolute Gasteiger partial charge is 0.0316 e. The van der Waals surface area contributed by atoms with Crippen LogP contribution in [0.3, 0.4) is 0 Å². The van der Waals surface area contributed by atoms with Crippen molar-refractivity contribution < 1.29 is 0 Å². The van der Waals surface area contributed by atoms with Gasteiger partial charge in [-0.3, -0.25) is 4.90 Å². The Morgan fingerprint density at radius 1 is 1.11 bits per heavy atom. The molecular formula is C17H20N2. The average molecular weight is 252 g/mol. The number of hydrogen-bond donors (Lipinski definition) is 1. The first-order valence-corrected chi connectivity index (χ1v) is 6.86. The molecule has 1 aliphatic heterocycles. The van der Waals surface area contributed by atoms with Crippen molar-refractivity contribution in [3.05, 3.63) is 64.7 Å². The van der Waals surface area contributed by atoms with Gasteiger partial charge < -0.3 is 5.73 Å². The van der Waals surface area contributed by atoms with Crippen LogP contribution >= 0.6 is 0 Å². The molecule has 3 rings (SSSR count). The Balaban J connectivity index is 1.74. The molecule has 0 saturated heterocycles. The number of anilines is 1. The second-order valence-corrected chi connectivity index (χ2v) is 5.48. The van der Waals surface area contributed by atoms with E-state index in [1.807, 2.05) is 6.07 Å². The summed E-state index contributed by atoms with van der Waals surface area (Å²) in [6.07, 6.45) is 1.10. The first kappa shape index (κ1) is 12.2. The molecule has 0 radical (unpaired) electrons. The Morgan fingerprint density at radius 3 is 2.84 bits per heavy atom. The van der Waals surface area contributed by atoms with Gasteiger partial charge in [0.05, 0.1) is 0 Å². The van der Waals surface area contributed by atoms with Crippen LogP contribution in [-0.4, -0.2) is 11.4 Å². The minimum absolute atomic E-state index is 0.880. The van der Waals surface area contributed by atoms with Crippen molar-refractivity contribution >= 4 is 5.69 Å². The molecule has 0 bridgehead atoms. The predicted molar refractivity (Wildman–Crippen MR) is 79.9 cm³/mol. The number of rotatable bonds is 2. The van der Waals surface area contributed by atoms with Crippen LogP contribution in [0, 0.1) is 6.92 Å². The third-order valence-electron chi connectivity index (χ3n) is 3.81. The molecular weight excluding hydrogens is 232 g/mol. The van der Waals surface area contributed by atoms with Gasteiger partial charge in [-0.05, 0) is 42.2 Å². The molecule has 0 atom stereocenters. The van der Waals surface area contributed by atoms with Crippen LogP contribution in [0.5, 0.6) is 0 Å². The first-order chi connectivity index (χ1) is 9.20. The molecule has 98 valence electrons. The third kappa shape index (κ3) is 2.79. The van der Waals surface area contributed by atoms with Gasteiger partial charge in [0.15, 0.2) is 0 Å². The van der Waals surface area contributed by atoms with Crippen molar-refractivity contribution in [2.75, 3.05) is 12.3 Å². The van der Waals surface area contributed by atoms with Crippen molar-refractivity contribution in [3.63, 3.8) is 0 Å². The van der Waals surface area contributed by atoms with Crippen LogP contribution in [0.4, 0.5) is 5.69 Å². The average Bonchev–Trinajstić information content (AvgIpc) is 2.39. The Morgan fingerprint density at radius 2 is 2.00 bits per heavy atom. The van der Waals surface area contributed by atoms with E-state index >= 15 is 0 Å². The van der Waals surface area contributed by atoms with E-state index in [2.05, 4.69) is 48.2 Å². The minimum atomic E-state index is 0.880. The number of fused-ring (bicyclic) bond motifs is 1. The molecule has 1 aliphatic rings. The van der Waals surface area contributed by atoms with Crippen LogP contribution in [0.25, 0.3) is 0 Å². The lowest BCUT2D eigenvalue weighted by Crippen LogP contribution is -2.30. The summed E-state index contributed by atoms with van der Waals surface area (Å²) in [6.45, 7) is 5.33. The Bertz CT molecular complexity index is 590. The molecule has 2 N–H and O–H groups in total. The summed E-state index contributed by atoms with van der Waals surface area (Å²) in [7, 11) is 0. The van der Waals surface area contributed by atoms with E-state index in [0.29, 0.717) is 0 Å². The van der Waals surface area contributed by atoms with Gasteiger partial charge in [0, 0.05) is 25.3 Å². The Labute approximate surface area is 114 Å². The van der Waals surface area contributed by atoms with Gasteiger partial charge in [-0.15, -0.1) is 0 Å². The minimum Gasteiger partial charge on any atom is -0.399 e. The molecule has 2 nitrogen and oxygen atoms in total. The fraction of sp³-hybridized carbons (Fsp3) is 0.294. The SMILES string of the molecule is Cc1cccc(CN2CCc3cc(N)ccc3C2)c1. The second kappa shape index (κ2) is 5.06. The van der Waals surface area contributed by atoms with Crippen LogP contribution in [-0.2, 0) is 19.5 Å². The summed E-state index contributed by atoms with van der Waals surface area (Å²) in [5, 5.41) is 0. The van der Waals surface area contributed by atoms with Gasteiger partial charge in [0.2, 0.25) is 0 Å². The maximum atomic E-state index is 5.84. The summed E-state index contributed by atoms with van der Waals surface area (Å²) in [5.74, 6) is 0. The van der Waals surface area contributed by atoms with E-state index in [1.165, 1.54) is 22.3 Å². The van der Waals surface area contributed by atoms with E-state index < -0.39 is 0 Å². The number of hydrogen-bond acceptors (Lipinski definition) is 2. The Kier molecular flexibility index (Phi) is 3.26. The fourth-order valence-electron chi connectivity index (χ4n) is 2.84. The highest BCUT2D eigenvalue weighted by Gasteiger charge is 2.16. The monoisotopic (exact) mass is 252 g/mol. The normalized spacial score (nSPS) is 15.2. The predicted octanol–water partition coefficient (Wildman–Crippen LogP) is 3.14. The van der Waals surface area contributed by atoms with Crippen molar-refractivity contribution in [1.82, 2.24) is 4.90 Å². The maximum absolute atomic E-state index is 5.84. The zero-order chi connectivity index (χ0) is 13.2. The van der Waals surface area contributed by atoms with Gasteiger partial charge in [0.25, 0.3) is 0 Å². The first-order valence-electron chi connectivity index (χ1n) is 6.86. The van der Waals surface area contributed by atoms with E-state index in [9.17, 15) is 0 Å². The van der Waals surface area contributed by atoms with Gasteiger partial charge in [-0.1, -0.05) is 35.9 Å². The quantitative estimate of drug-likeness (QED) is 0.832. The Hall–Kier alpha value is -1.80. The van der Waals surface area contributed by atoms with Crippen molar-refractivity contribution in [1.29, 1.82) is 0 Å². The molecule has 0 unspecified atom stereocenters. The van der Waals surface area contributed by atoms with E-state index in [0.717, 1.165) is 31.7 Å². The van der Waals surface area contributed by atoms with E-state index in [-0.39, 0.29) is 0 Å². The molecule has 2 heteroatoms. The number of benzene rings is 2. The highest BCUT2D eigenvalue weighted by atomic mass is 15.1. The third-order valence-corrected chi connectivity index (χ3v) is 3.81. The zero-order valence-electron chi connectivity index (χ0n) is 11.4. The number of nitrogens with zero attached hydrogens (tertiary/aromatic N) is 1. The number of aryl methyl sites for hydroxylation is 1. The summed E-state index contributed by atoms with van der Waals surface area (Å²) in [5.41, 5.74) is 12.3. The molecule has 0 amide bonds. The van der Waals surface area contributed by atoms with Gasteiger partial charge in [-0.25, -0.2) is 0 Å². The molecule has 0 spiro atoms. The van der Waals surface area contributed by atoms with Crippen LogP contribution < -0.4 is 5.73 Å². The summed E-state index contributed by atoms with van der Waals surface area (Å²) in [6, 6.07) is 15.1. The fourth-order valence-corrected chi connectivity index (χ4v) is 2.84. The molecule has 1 heterocycles. The standard InChI is InChI=1S/C17H20N2/c1-13-3-2-4-14(9-13)11-19-8-7-15-10-17(18)6-5-16(15)12-19/h2-6,9-10H,7-8,11-12,18H2,1H3. The molecule has 0 aromatic heterocycles. The second-order valence-electron chi connectivity index (χ2n) is 5.48. The van der Waals surface area contributed by atoms with E-state index in [4.69, 9.17) is 5.73 Å². The summed E-state index contributed by atoms with van der Waals surface area (Å²) in [4.78, 5) is 2.51. The highest BCUT2D eigenvalue weighted by Crippen LogP contribution is 2.22. The largest absolute Gasteiger partial charge is 0.399 e. The van der Waals surface area contributed by atoms with Crippen LogP contribution in [0.2, 0.25) is 0 Å². The van der Waals surface area contributed by atoms with Crippen molar-refractivity contribution in [2.45, 2.75) is 26.4 Å². The lowest BCUT2D eigenvalue weighted by atomic mass is 9.98. The molecule has 2 aromatic carbocycles. The lowest BCUT2D eigenvalue weighted by molar-refractivity contribution is 0.245. The maximum Gasteiger partial charge on any atom is 0.0316 e. The molecule has 2 aromatic rings. The summed E-state index contributed by atoms with van der Waals surface area (Å²) < 4.78 is 0. The number of nitrogens with two attached hydrogens (primary N) is 1. The van der Waals surface area contributed by atoms with Crippen LogP contribution in [0.15, 0.2) is 42.5 Å². The van der Waals surface area contributed by atoms with Gasteiger partial charge in [0.1, 0.15) is 0 Å². The number of nitrogen functional groups attached to an aromatic ring is 1. The molecule has 0 aliphatic carbocycles. The van der Waals surface area contributed by atoms with Gasteiger partial charge in [-0.2, -0.15) is 0 Å². The van der Waals surface area contributed by atoms with Crippen molar-refractivity contribution in [2.24, 2.45) is 0 Å². The van der Waals surface area contributed by atoms with Crippen LogP contribution in [0.1, 0.15) is 22.3 Å². The molecule has 0 saturated carbocycles. The molecule has 0 fully saturated rings. The topological polar surface area (TPSA) is 29.3 Å². The summed E-state index contributed by atoms with van der Waals surface area (Å²) >= 11 is 0. The molecule has 19 heavy (non-hydrogen) atoms. The van der Waals surface area contributed by atoms with Gasteiger partial charge >= 0.3 is 0 Å².